The molecule has 0 atom stereocenters. The lowest BCUT2D eigenvalue weighted by molar-refractivity contribution is 0.311. The Bertz CT molecular complexity index is 1140. The molecule has 0 unspecified atom stereocenters. The summed E-state index contributed by atoms with van der Waals surface area (Å²) in [6, 6.07) is 12.2. The van der Waals surface area contributed by atoms with E-state index in [9.17, 15) is 0 Å². The van der Waals surface area contributed by atoms with Crippen molar-refractivity contribution in [3.8, 4) is 0 Å². The monoisotopic (exact) mass is 373 g/mol. The molecule has 0 amide bonds. The number of aromatic amines is 1. The molecule has 1 fully saturated rings. The highest BCUT2D eigenvalue weighted by Gasteiger charge is 2.17. The van der Waals surface area contributed by atoms with E-state index in [0.717, 1.165) is 65.3 Å². The van der Waals surface area contributed by atoms with E-state index in [4.69, 9.17) is 4.98 Å². The van der Waals surface area contributed by atoms with Crippen molar-refractivity contribution in [3.63, 3.8) is 0 Å². The number of likely N-dealkylation sites (N-methyl/N-ethyl adjacent to an activating group) is 1. The highest BCUT2D eigenvalue weighted by atomic mass is 15.3. The topological polar surface area (TPSA) is 73.0 Å². The van der Waals surface area contributed by atoms with Gasteiger partial charge in [-0.25, -0.2) is 15.0 Å². The van der Waals surface area contributed by atoms with E-state index in [0.29, 0.717) is 5.95 Å². The van der Waals surface area contributed by atoms with Crippen molar-refractivity contribution in [1.29, 1.82) is 0 Å². The lowest BCUT2D eigenvalue weighted by Gasteiger charge is -2.32. The molecule has 5 rings (SSSR count). The highest BCUT2D eigenvalue weighted by molar-refractivity contribution is 5.84. The van der Waals surface area contributed by atoms with E-state index in [-0.39, 0.29) is 0 Å². The van der Waals surface area contributed by atoms with Gasteiger partial charge in [0.05, 0.1) is 16.6 Å². The summed E-state index contributed by atoms with van der Waals surface area (Å²) in [6.07, 6.45) is 1.86. The van der Waals surface area contributed by atoms with E-state index < -0.39 is 0 Å². The summed E-state index contributed by atoms with van der Waals surface area (Å²) in [5.41, 5.74) is 5.03. The number of nitrogens with one attached hydrogen (secondary N) is 2. The first-order chi connectivity index (χ1) is 13.7. The quantitative estimate of drug-likeness (QED) is 0.574. The van der Waals surface area contributed by atoms with E-state index in [1.807, 2.05) is 30.5 Å². The number of imidazole rings is 1. The van der Waals surface area contributed by atoms with Crippen molar-refractivity contribution in [1.82, 2.24) is 24.8 Å². The number of rotatable bonds is 3. The average molecular weight is 373 g/mol. The van der Waals surface area contributed by atoms with Crippen LogP contribution >= 0.6 is 0 Å². The van der Waals surface area contributed by atoms with Crippen LogP contribution in [0.15, 0.2) is 42.6 Å². The third-order valence-corrected chi connectivity index (χ3v) is 5.34. The second kappa shape index (κ2) is 6.76. The van der Waals surface area contributed by atoms with Crippen molar-refractivity contribution >= 4 is 39.5 Å². The van der Waals surface area contributed by atoms with Gasteiger partial charge in [-0.3, -0.25) is 0 Å². The molecule has 2 aromatic heterocycles. The minimum atomic E-state index is 0.597. The van der Waals surface area contributed by atoms with Gasteiger partial charge in [-0.15, -0.1) is 0 Å². The normalized spacial score (nSPS) is 15.4. The summed E-state index contributed by atoms with van der Waals surface area (Å²) < 4.78 is 0. The maximum atomic E-state index is 4.75. The molecule has 142 valence electrons. The molecule has 4 aromatic rings. The van der Waals surface area contributed by atoms with Crippen molar-refractivity contribution in [2.45, 2.75) is 6.92 Å². The fourth-order valence-electron chi connectivity index (χ4n) is 3.64. The van der Waals surface area contributed by atoms with Crippen LogP contribution in [0.5, 0.6) is 0 Å². The number of anilines is 3. The van der Waals surface area contributed by atoms with Crippen LogP contribution in [-0.4, -0.2) is 58.1 Å². The van der Waals surface area contributed by atoms with E-state index >= 15 is 0 Å². The first-order valence-electron chi connectivity index (χ1n) is 9.58. The Morgan fingerprint density at radius 1 is 1.04 bits per heavy atom. The summed E-state index contributed by atoms with van der Waals surface area (Å²) in [7, 11) is 2.16. The molecule has 0 spiro atoms. The zero-order valence-electron chi connectivity index (χ0n) is 16.1. The molecule has 2 aromatic carbocycles. The van der Waals surface area contributed by atoms with Crippen LogP contribution in [0.1, 0.15) is 5.56 Å². The fraction of sp³-hybridized carbons (Fsp3) is 0.286. The molecule has 2 N–H and O–H groups in total. The summed E-state index contributed by atoms with van der Waals surface area (Å²) in [5.74, 6) is 1.54. The minimum absolute atomic E-state index is 0.597. The Balaban J connectivity index is 1.41. The molecule has 0 bridgehead atoms. The Morgan fingerprint density at radius 3 is 2.75 bits per heavy atom. The second-order valence-electron chi connectivity index (χ2n) is 7.41. The van der Waals surface area contributed by atoms with Gasteiger partial charge in [0.2, 0.25) is 11.9 Å². The van der Waals surface area contributed by atoms with Gasteiger partial charge in [-0.05, 0) is 37.7 Å². The molecule has 1 aliphatic heterocycles. The van der Waals surface area contributed by atoms with Crippen LogP contribution in [0.3, 0.4) is 0 Å². The van der Waals surface area contributed by atoms with Gasteiger partial charge in [0.15, 0.2) is 0 Å². The summed E-state index contributed by atoms with van der Waals surface area (Å²) in [5, 5.41) is 4.37. The highest BCUT2D eigenvalue weighted by Crippen LogP contribution is 2.24. The zero-order valence-corrected chi connectivity index (χ0v) is 16.1. The second-order valence-corrected chi connectivity index (χ2v) is 7.41. The number of aryl methyl sites for hydroxylation is 1. The van der Waals surface area contributed by atoms with E-state index in [1.54, 1.807) is 0 Å². The number of benzene rings is 2. The SMILES string of the molecule is Cc1cccc2cnc(Nc3ccc4nc(N5CCN(C)CC5)[nH]c4c3)nc12. The lowest BCUT2D eigenvalue weighted by Crippen LogP contribution is -2.44. The van der Waals surface area contributed by atoms with Crippen LogP contribution in [0.2, 0.25) is 0 Å². The van der Waals surface area contributed by atoms with Crippen molar-refractivity contribution in [2.24, 2.45) is 0 Å². The number of H-pyrrole nitrogens is 1. The molecule has 7 nitrogen and oxygen atoms in total. The summed E-state index contributed by atoms with van der Waals surface area (Å²) >= 11 is 0. The Morgan fingerprint density at radius 2 is 1.89 bits per heavy atom. The van der Waals surface area contributed by atoms with Crippen molar-refractivity contribution < 1.29 is 0 Å². The predicted octanol–water partition coefficient (Wildman–Crippen LogP) is 3.31. The molecular formula is C21H23N7. The van der Waals surface area contributed by atoms with Crippen LogP contribution in [0, 0.1) is 6.92 Å². The lowest BCUT2D eigenvalue weighted by atomic mass is 10.1. The van der Waals surface area contributed by atoms with Crippen molar-refractivity contribution in [3.05, 3.63) is 48.2 Å². The number of fused-ring (bicyclic) bond motifs is 2. The fourth-order valence-corrected chi connectivity index (χ4v) is 3.64. The van der Waals surface area contributed by atoms with Crippen LogP contribution < -0.4 is 10.2 Å². The van der Waals surface area contributed by atoms with E-state index in [1.165, 1.54) is 0 Å². The van der Waals surface area contributed by atoms with Crippen LogP contribution in [0.4, 0.5) is 17.6 Å². The average Bonchev–Trinajstić information content (AvgIpc) is 3.12. The third-order valence-electron chi connectivity index (χ3n) is 5.34. The molecule has 1 aliphatic rings. The molecule has 3 heterocycles. The molecule has 28 heavy (non-hydrogen) atoms. The molecular weight excluding hydrogens is 350 g/mol. The molecule has 0 saturated carbocycles. The number of piperazine rings is 1. The van der Waals surface area contributed by atoms with Crippen LogP contribution in [0.25, 0.3) is 21.9 Å². The maximum absolute atomic E-state index is 4.75. The first kappa shape index (κ1) is 16.9. The van der Waals surface area contributed by atoms with Gasteiger partial charge in [-0.1, -0.05) is 18.2 Å². The number of nitrogens with zero attached hydrogens (tertiary/aromatic N) is 5. The van der Waals surface area contributed by atoms with Gasteiger partial charge >= 0.3 is 0 Å². The number of hydrogen-bond donors (Lipinski definition) is 2. The Hall–Kier alpha value is -3.19. The molecule has 0 aliphatic carbocycles. The minimum Gasteiger partial charge on any atom is -0.340 e. The van der Waals surface area contributed by atoms with E-state index in [2.05, 4.69) is 56.2 Å². The van der Waals surface area contributed by atoms with Gasteiger partial charge in [0.25, 0.3) is 0 Å². The van der Waals surface area contributed by atoms with Gasteiger partial charge in [-0.2, -0.15) is 0 Å². The number of aromatic nitrogens is 4. The maximum Gasteiger partial charge on any atom is 0.227 e. The zero-order chi connectivity index (χ0) is 19.1. The molecule has 1 saturated heterocycles. The molecule has 0 radical (unpaired) electrons. The van der Waals surface area contributed by atoms with Gasteiger partial charge < -0.3 is 20.1 Å². The number of hydrogen-bond acceptors (Lipinski definition) is 6. The Labute approximate surface area is 163 Å². The standard InChI is InChI=1S/C21H23N7/c1-14-4-3-5-15-13-22-20(26-19(14)15)23-16-6-7-17-18(12-16)25-21(24-17)28-10-8-27(2)9-11-28/h3-7,12-13H,8-11H2,1-2H3,(H,24,25)(H,22,23,26). The summed E-state index contributed by atoms with van der Waals surface area (Å²) in [6.45, 7) is 6.16. The van der Waals surface area contributed by atoms with Crippen LogP contribution in [-0.2, 0) is 0 Å². The largest absolute Gasteiger partial charge is 0.340 e. The van der Waals surface area contributed by atoms with Gasteiger partial charge in [0.1, 0.15) is 0 Å². The number of para-hydroxylation sites is 1. The predicted molar refractivity (Wildman–Crippen MR) is 113 cm³/mol. The third kappa shape index (κ3) is 3.14. The van der Waals surface area contributed by atoms with Crippen molar-refractivity contribution in [2.75, 3.05) is 43.4 Å². The molecule has 7 heteroatoms. The van der Waals surface area contributed by atoms with Gasteiger partial charge in [0, 0.05) is 43.4 Å². The summed E-state index contributed by atoms with van der Waals surface area (Å²) in [4.78, 5) is 22.0. The first-order valence-corrected chi connectivity index (χ1v) is 9.58. The smallest absolute Gasteiger partial charge is 0.227 e. The Kier molecular flexibility index (Phi) is 4.09.